The number of primary amides is 2. The normalized spacial score (nSPS) is 7.29. The molecular formula is C10H16N2O2. The molecular weight excluding hydrogens is 180 g/mol. The maximum atomic E-state index is 9.00. The van der Waals surface area contributed by atoms with Crippen LogP contribution in [0.15, 0.2) is 24.3 Å². The topological polar surface area (TPSA) is 86.2 Å². The number of hydrogen-bond donors (Lipinski definition) is 2. The van der Waals surface area contributed by atoms with Crippen LogP contribution in [0.3, 0.4) is 0 Å². The number of carbonyl (C=O) groups excluding carboxylic acids is 2. The van der Waals surface area contributed by atoms with Crippen LogP contribution in [0.5, 0.6) is 0 Å². The van der Waals surface area contributed by atoms with E-state index >= 15 is 0 Å². The molecule has 0 bridgehead atoms. The Kier molecular flexibility index (Phi) is 9.69. The summed E-state index contributed by atoms with van der Waals surface area (Å²) in [5.41, 5.74) is 11.2. The SMILES string of the molecule is C=O.Cc1cccc(C)c1.NC(N)=O. The van der Waals surface area contributed by atoms with Gasteiger partial charge >= 0.3 is 6.03 Å². The van der Waals surface area contributed by atoms with Crippen LogP contribution in [-0.4, -0.2) is 12.8 Å². The molecule has 1 aromatic rings. The van der Waals surface area contributed by atoms with Crippen molar-refractivity contribution in [2.75, 3.05) is 0 Å². The van der Waals surface area contributed by atoms with Gasteiger partial charge in [0, 0.05) is 0 Å². The molecule has 14 heavy (non-hydrogen) atoms. The average Bonchev–Trinajstić information content (AvgIpc) is 2.06. The van der Waals surface area contributed by atoms with Crippen molar-refractivity contribution < 1.29 is 9.59 Å². The van der Waals surface area contributed by atoms with Gasteiger partial charge in [0.05, 0.1) is 0 Å². The highest BCUT2D eigenvalue weighted by atomic mass is 16.2. The van der Waals surface area contributed by atoms with Crippen molar-refractivity contribution in [2.24, 2.45) is 11.5 Å². The zero-order valence-electron chi connectivity index (χ0n) is 8.49. The third-order valence-corrected chi connectivity index (χ3v) is 1.17. The summed E-state index contributed by atoms with van der Waals surface area (Å²) < 4.78 is 0. The van der Waals surface area contributed by atoms with Crippen LogP contribution in [0.1, 0.15) is 11.1 Å². The fourth-order valence-electron chi connectivity index (χ4n) is 0.807. The molecule has 0 fully saturated rings. The lowest BCUT2D eigenvalue weighted by Crippen LogP contribution is -2.18. The molecule has 0 radical (unpaired) electrons. The van der Waals surface area contributed by atoms with E-state index in [0.717, 1.165) is 0 Å². The molecule has 0 saturated heterocycles. The van der Waals surface area contributed by atoms with E-state index in [2.05, 4.69) is 49.6 Å². The first-order chi connectivity index (χ1) is 6.52. The molecule has 0 aliphatic heterocycles. The van der Waals surface area contributed by atoms with Gasteiger partial charge in [0.2, 0.25) is 0 Å². The van der Waals surface area contributed by atoms with Crippen LogP contribution in [-0.2, 0) is 4.79 Å². The Bertz CT molecular complexity index is 253. The summed E-state index contributed by atoms with van der Waals surface area (Å²) in [6.07, 6.45) is 0. The summed E-state index contributed by atoms with van der Waals surface area (Å²) in [7, 11) is 0. The lowest BCUT2D eigenvalue weighted by atomic mass is 10.2. The Balaban J connectivity index is 0. The second kappa shape index (κ2) is 9.25. The Hall–Kier alpha value is -1.84. The molecule has 0 saturated carbocycles. The molecule has 78 valence electrons. The quantitative estimate of drug-likeness (QED) is 0.652. The van der Waals surface area contributed by atoms with E-state index in [9.17, 15) is 0 Å². The highest BCUT2D eigenvalue weighted by molar-refractivity contribution is 5.69. The zero-order valence-corrected chi connectivity index (χ0v) is 8.49. The molecule has 4 nitrogen and oxygen atoms in total. The standard InChI is InChI=1S/C8H10.CH4N2O.CH2O/c1-7-4-3-5-8(2)6-7;2-1(3)4;1-2/h3-6H,1-2H3;(H4,2,3,4);1H2. The van der Waals surface area contributed by atoms with Crippen molar-refractivity contribution in [3.05, 3.63) is 35.4 Å². The first kappa shape index (κ1) is 14.7. The molecule has 0 unspecified atom stereocenters. The minimum absolute atomic E-state index is 0.833. The number of amides is 2. The average molecular weight is 196 g/mol. The largest absolute Gasteiger partial charge is 0.352 e. The lowest BCUT2D eigenvalue weighted by Gasteiger charge is -1.90. The van der Waals surface area contributed by atoms with Crippen LogP contribution in [0.25, 0.3) is 0 Å². The van der Waals surface area contributed by atoms with E-state index < -0.39 is 6.03 Å². The molecule has 0 aliphatic carbocycles. The lowest BCUT2D eigenvalue weighted by molar-refractivity contribution is -0.0979. The predicted molar refractivity (Wildman–Crippen MR) is 56.8 cm³/mol. The van der Waals surface area contributed by atoms with Gasteiger partial charge in [-0.1, -0.05) is 35.4 Å². The van der Waals surface area contributed by atoms with Crippen molar-refractivity contribution >= 4 is 12.8 Å². The molecule has 2 amide bonds. The van der Waals surface area contributed by atoms with Crippen molar-refractivity contribution in [3.8, 4) is 0 Å². The number of urea groups is 1. The third kappa shape index (κ3) is 12.8. The fraction of sp³-hybridized carbons (Fsp3) is 0.200. The molecule has 4 N–H and O–H groups in total. The van der Waals surface area contributed by atoms with Crippen LogP contribution >= 0.6 is 0 Å². The van der Waals surface area contributed by atoms with E-state index in [1.165, 1.54) is 11.1 Å². The summed E-state index contributed by atoms with van der Waals surface area (Å²) in [5.74, 6) is 0. The Morgan fingerprint density at radius 2 is 1.43 bits per heavy atom. The summed E-state index contributed by atoms with van der Waals surface area (Å²) in [6, 6.07) is 7.62. The Morgan fingerprint density at radius 3 is 1.57 bits per heavy atom. The van der Waals surface area contributed by atoms with Gasteiger partial charge in [0.1, 0.15) is 6.79 Å². The van der Waals surface area contributed by atoms with Crippen molar-refractivity contribution in [2.45, 2.75) is 13.8 Å². The predicted octanol–water partition coefficient (Wildman–Crippen LogP) is 1.14. The number of rotatable bonds is 0. The molecule has 0 atom stereocenters. The summed E-state index contributed by atoms with van der Waals surface area (Å²) in [5, 5.41) is 0. The van der Waals surface area contributed by atoms with Gasteiger partial charge in [-0.2, -0.15) is 0 Å². The third-order valence-electron chi connectivity index (χ3n) is 1.17. The smallest absolute Gasteiger partial charge is 0.309 e. The number of aryl methyl sites for hydroxylation is 2. The van der Waals surface area contributed by atoms with Gasteiger partial charge < -0.3 is 16.3 Å². The Morgan fingerprint density at radius 1 is 1.14 bits per heavy atom. The highest BCUT2D eigenvalue weighted by Gasteiger charge is 1.80. The maximum absolute atomic E-state index is 9.00. The van der Waals surface area contributed by atoms with E-state index in [-0.39, 0.29) is 0 Å². The molecule has 0 aliphatic rings. The van der Waals surface area contributed by atoms with Crippen molar-refractivity contribution in [1.82, 2.24) is 0 Å². The maximum Gasteiger partial charge on any atom is 0.309 e. The van der Waals surface area contributed by atoms with Gasteiger partial charge in [-0.3, -0.25) is 0 Å². The van der Waals surface area contributed by atoms with Crippen LogP contribution in [0, 0.1) is 13.8 Å². The molecule has 0 heterocycles. The van der Waals surface area contributed by atoms with E-state index in [1.54, 1.807) is 0 Å². The number of carbonyl (C=O) groups is 2. The van der Waals surface area contributed by atoms with E-state index in [1.807, 2.05) is 6.79 Å². The van der Waals surface area contributed by atoms with Crippen LogP contribution in [0.2, 0.25) is 0 Å². The number of nitrogens with two attached hydrogens (primary N) is 2. The molecule has 1 aromatic carbocycles. The minimum Gasteiger partial charge on any atom is -0.352 e. The molecule has 0 aromatic heterocycles. The summed E-state index contributed by atoms with van der Waals surface area (Å²) >= 11 is 0. The fourth-order valence-corrected chi connectivity index (χ4v) is 0.807. The van der Waals surface area contributed by atoms with Crippen LogP contribution < -0.4 is 11.5 Å². The van der Waals surface area contributed by atoms with Crippen LogP contribution in [0.4, 0.5) is 4.79 Å². The monoisotopic (exact) mass is 196 g/mol. The summed E-state index contributed by atoms with van der Waals surface area (Å²) in [4.78, 5) is 17.0. The van der Waals surface area contributed by atoms with Gasteiger partial charge in [0.25, 0.3) is 0 Å². The highest BCUT2D eigenvalue weighted by Crippen LogP contribution is 2.00. The minimum atomic E-state index is -0.833. The number of hydrogen-bond acceptors (Lipinski definition) is 2. The van der Waals surface area contributed by atoms with E-state index in [4.69, 9.17) is 9.59 Å². The van der Waals surface area contributed by atoms with Gasteiger partial charge in [-0.05, 0) is 13.8 Å². The second-order valence-electron chi connectivity index (χ2n) is 2.56. The van der Waals surface area contributed by atoms with Gasteiger partial charge in [0.15, 0.2) is 0 Å². The van der Waals surface area contributed by atoms with Gasteiger partial charge in [-0.15, -0.1) is 0 Å². The summed E-state index contributed by atoms with van der Waals surface area (Å²) in [6.45, 7) is 6.21. The molecule has 0 spiro atoms. The van der Waals surface area contributed by atoms with Crippen molar-refractivity contribution in [3.63, 3.8) is 0 Å². The second-order valence-corrected chi connectivity index (χ2v) is 2.56. The Labute approximate surface area is 83.9 Å². The molecule has 4 heteroatoms. The van der Waals surface area contributed by atoms with Gasteiger partial charge in [-0.25, -0.2) is 4.79 Å². The first-order valence-corrected chi connectivity index (χ1v) is 3.89. The van der Waals surface area contributed by atoms with E-state index in [0.29, 0.717) is 0 Å². The number of benzene rings is 1. The first-order valence-electron chi connectivity index (χ1n) is 3.89. The van der Waals surface area contributed by atoms with Crippen molar-refractivity contribution in [1.29, 1.82) is 0 Å². The zero-order chi connectivity index (χ0) is 11.6. The molecule has 1 rings (SSSR count).